The summed E-state index contributed by atoms with van der Waals surface area (Å²) in [5.74, 6) is -0.0520. The van der Waals surface area contributed by atoms with Crippen LogP contribution in [-0.4, -0.2) is 29.2 Å². The average molecular weight is 266 g/mol. The predicted octanol–water partition coefficient (Wildman–Crippen LogP) is 1.86. The average Bonchev–Trinajstić information content (AvgIpc) is 2.30. The third kappa shape index (κ3) is 2.17. The maximum absolute atomic E-state index is 12.0. The first kappa shape index (κ1) is 12.4. The summed E-state index contributed by atoms with van der Waals surface area (Å²) < 4.78 is 0. The van der Waals surface area contributed by atoms with Crippen molar-refractivity contribution in [2.75, 3.05) is 19.0 Å². The van der Waals surface area contributed by atoms with Gasteiger partial charge in [0.05, 0.1) is 0 Å². The Labute approximate surface area is 109 Å². The number of hydrogen-bond donors (Lipinski definition) is 2. The molecular weight excluding hydrogens is 254 g/mol. The van der Waals surface area contributed by atoms with Crippen molar-refractivity contribution in [3.63, 3.8) is 0 Å². The summed E-state index contributed by atoms with van der Waals surface area (Å²) in [5.41, 5.74) is 0.0984. The van der Waals surface area contributed by atoms with Gasteiger partial charge in [0, 0.05) is 24.7 Å². The molecule has 5 nitrogen and oxygen atoms in total. The Morgan fingerprint density at radius 2 is 2.00 bits per heavy atom. The number of nitrogens with one attached hydrogen (secondary N) is 1. The Bertz CT molecular complexity index is 637. The monoisotopic (exact) mass is 265 g/mol. The maximum Gasteiger partial charge on any atom is 0.264 e. The van der Waals surface area contributed by atoms with Crippen molar-refractivity contribution in [3.05, 3.63) is 39.6 Å². The van der Waals surface area contributed by atoms with Gasteiger partial charge < -0.3 is 10.0 Å². The molecule has 1 aromatic heterocycles. The summed E-state index contributed by atoms with van der Waals surface area (Å²) in [6.07, 6.45) is 0. The topological polar surface area (TPSA) is 69.2 Å². The lowest BCUT2D eigenvalue weighted by atomic mass is 10.1. The Balaban J connectivity index is 2.67. The van der Waals surface area contributed by atoms with E-state index in [0.29, 0.717) is 10.6 Å². The fraction of sp³-hybridized carbons (Fsp3) is 0.167. The van der Waals surface area contributed by atoms with Gasteiger partial charge in [-0.15, -0.1) is 0 Å². The van der Waals surface area contributed by atoms with Gasteiger partial charge in [-0.1, -0.05) is 29.8 Å². The molecule has 0 atom stereocenters. The first-order chi connectivity index (χ1) is 8.50. The van der Waals surface area contributed by atoms with Crippen LogP contribution in [0.5, 0.6) is 5.88 Å². The van der Waals surface area contributed by atoms with E-state index in [4.69, 9.17) is 11.6 Å². The van der Waals surface area contributed by atoms with E-state index < -0.39 is 5.56 Å². The van der Waals surface area contributed by atoms with Crippen molar-refractivity contribution >= 4 is 17.5 Å². The molecular formula is C12H12ClN3O2. The molecule has 0 fully saturated rings. The van der Waals surface area contributed by atoms with Gasteiger partial charge in [-0.3, -0.25) is 9.78 Å². The van der Waals surface area contributed by atoms with Gasteiger partial charge in [-0.2, -0.15) is 4.98 Å². The van der Waals surface area contributed by atoms with Gasteiger partial charge >= 0.3 is 0 Å². The van der Waals surface area contributed by atoms with E-state index >= 15 is 0 Å². The molecule has 0 unspecified atom stereocenters. The molecule has 1 aromatic carbocycles. The van der Waals surface area contributed by atoms with E-state index in [1.54, 1.807) is 43.3 Å². The van der Waals surface area contributed by atoms with E-state index in [2.05, 4.69) is 9.97 Å². The molecule has 2 rings (SSSR count). The van der Waals surface area contributed by atoms with Crippen LogP contribution in [0.25, 0.3) is 11.1 Å². The lowest BCUT2D eigenvalue weighted by molar-refractivity contribution is 0.453. The number of benzene rings is 1. The van der Waals surface area contributed by atoms with Crippen LogP contribution in [0.2, 0.25) is 5.02 Å². The zero-order valence-electron chi connectivity index (χ0n) is 9.94. The summed E-state index contributed by atoms with van der Waals surface area (Å²) in [5, 5.41) is 10.3. The number of hydrogen-bond acceptors (Lipinski definition) is 4. The maximum atomic E-state index is 12.0. The Kier molecular flexibility index (Phi) is 3.25. The minimum atomic E-state index is -0.431. The fourth-order valence-corrected chi connectivity index (χ4v) is 1.80. The predicted molar refractivity (Wildman–Crippen MR) is 71.3 cm³/mol. The lowest BCUT2D eigenvalue weighted by Gasteiger charge is -2.12. The first-order valence-electron chi connectivity index (χ1n) is 5.26. The molecule has 2 N–H and O–H groups in total. The number of nitrogens with zero attached hydrogens (tertiary/aromatic N) is 2. The second kappa shape index (κ2) is 4.70. The van der Waals surface area contributed by atoms with E-state index in [9.17, 15) is 9.90 Å². The quantitative estimate of drug-likeness (QED) is 0.870. The van der Waals surface area contributed by atoms with Crippen molar-refractivity contribution in [2.24, 2.45) is 0 Å². The van der Waals surface area contributed by atoms with E-state index in [-0.39, 0.29) is 17.4 Å². The molecule has 0 spiro atoms. The number of aromatic hydroxyl groups is 1. The Hall–Kier alpha value is -2.01. The molecule has 6 heteroatoms. The van der Waals surface area contributed by atoms with Gasteiger partial charge in [-0.25, -0.2) is 0 Å². The van der Waals surface area contributed by atoms with Crippen LogP contribution in [0.4, 0.5) is 5.95 Å². The van der Waals surface area contributed by atoms with Gasteiger partial charge in [0.2, 0.25) is 11.8 Å². The normalized spacial score (nSPS) is 10.4. The third-order valence-electron chi connectivity index (χ3n) is 2.45. The van der Waals surface area contributed by atoms with Gasteiger partial charge in [0.1, 0.15) is 5.56 Å². The van der Waals surface area contributed by atoms with Crippen molar-refractivity contribution in [1.29, 1.82) is 0 Å². The molecule has 18 heavy (non-hydrogen) atoms. The highest BCUT2D eigenvalue weighted by atomic mass is 35.5. The number of H-pyrrole nitrogens is 1. The van der Waals surface area contributed by atoms with Gasteiger partial charge in [0.15, 0.2) is 0 Å². The number of halogens is 1. The van der Waals surface area contributed by atoms with E-state index in [1.165, 1.54) is 0 Å². The molecule has 1 heterocycles. The van der Waals surface area contributed by atoms with Crippen LogP contribution in [0, 0.1) is 0 Å². The minimum absolute atomic E-state index is 0.0752. The highest BCUT2D eigenvalue weighted by molar-refractivity contribution is 6.33. The smallest absolute Gasteiger partial charge is 0.264 e. The highest BCUT2D eigenvalue weighted by Gasteiger charge is 2.15. The lowest BCUT2D eigenvalue weighted by Crippen LogP contribution is -2.19. The third-order valence-corrected chi connectivity index (χ3v) is 2.78. The standard InChI is InChI=1S/C12H12ClN3O2/c1-16(2)12-14-10(17)9(11(18)15-12)7-5-3-4-6-8(7)13/h3-6H,1-2H3,(H2,14,15,17,18). The Morgan fingerprint density at radius 3 is 2.56 bits per heavy atom. The van der Waals surface area contributed by atoms with Crippen LogP contribution >= 0.6 is 11.6 Å². The van der Waals surface area contributed by atoms with Crippen LogP contribution < -0.4 is 10.5 Å². The van der Waals surface area contributed by atoms with E-state index in [0.717, 1.165) is 0 Å². The van der Waals surface area contributed by atoms with E-state index in [1.807, 2.05) is 0 Å². The molecule has 2 aromatic rings. The second-order valence-corrected chi connectivity index (χ2v) is 4.37. The van der Waals surface area contributed by atoms with Gasteiger partial charge in [0.25, 0.3) is 5.56 Å². The zero-order valence-corrected chi connectivity index (χ0v) is 10.7. The largest absolute Gasteiger partial charge is 0.493 e. The number of aromatic nitrogens is 2. The van der Waals surface area contributed by atoms with Crippen molar-refractivity contribution in [3.8, 4) is 17.0 Å². The van der Waals surface area contributed by atoms with Crippen molar-refractivity contribution in [1.82, 2.24) is 9.97 Å². The molecule has 0 bridgehead atoms. The van der Waals surface area contributed by atoms with Crippen LogP contribution in [0.15, 0.2) is 29.1 Å². The number of aromatic amines is 1. The molecule has 0 radical (unpaired) electrons. The molecule has 0 aliphatic heterocycles. The molecule has 0 amide bonds. The summed E-state index contributed by atoms with van der Waals surface area (Å²) >= 11 is 6.00. The second-order valence-electron chi connectivity index (χ2n) is 3.96. The number of anilines is 1. The summed E-state index contributed by atoms with van der Waals surface area (Å²) in [4.78, 5) is 20.1. The Morgan fingerprint density at radius 1 is 1.33 bits per heavy atom. The summed E-state index contributed by atoms with van der Waals surface area (Å²) in [6.45, 7) is 0. The van der Waals surface area contributed by atoms with Gasteiger partial charge in [-0.05, 0) is 6.07 Å². The molecule has 94 valence electrons. The summed E-state index contributed by atoms with van der Waals surface area (Å²) in [7, 11) is 3.43. The van der Waals surface area contributed by atoms with Crippen LogP contribution in [0.1, 0.15) is 0 Å². The minimum Gasteiger partial charge on any atom is -0.493 e. The van der Waals surface area contributed by atoms with Crippen LogP contribution in [0.3, 0.4) is 0 Å². The molecule has 0 aliphatic rings. The summed E-state index contributed by atoms with van der Waals surface area (Å²) in [6, 6.07) is 6.79. The molecule has 0 saturated carbocycles. The fourth-order valence-electron chi connectivity index (χ4n) is 1.57. The first-order valence-corrected chi connectivity index (χ1v) is 5.64. The van der Waals surface area contributed by atoms with Crippen LogP contribution in [-0.2, 0) is 0 Å². The van der Waals surface area contributed by atoms with Crippen molar-refractivity contribution < 1.29 is 5.11 Å². The SMILES string of the molecule is CN(C)c1nc(O)c(-c2ccccc2Cl)c(=O)[nH]1. The highest BCUT2D eigenvalue weighted by Crippen LogP contribution is 2.30. The number of rotatable bonds is 2. The molecule has 0 saturated heterocycles. The van der Waals surface area contributed by atoms with Crippen molar-refractivity contribution in [2.45, 2.75) is 0 Å². The molecule has 0 aliphatic carbocycles. The zero-order chi connectivity index (χ0) is 13.3.